The van der Waals surface area contributed by atoms with Crippen LogP contribution in [0.25, 0.3) is 0 Å². The Morgan fingerprint density at radius 3 is 2.13 bits per heavy atom. The van der Waals surface area contributed by atoms with Crippen molar-refractivity contribution in [2.24, 2.45) is 5.73 Å². The third-order valence-electron chi connectivity index (χ3n) is 4.02. The highest BCUT2D eigenvalue weighted by atomic mass is 16.4. The molecule has 0 spiro atoms. The molecule has 0 aromatic heterocycles. The minimum Gasteiger partial charge on any atom is -0.508 e. The highest BCUT2D eigenvalue weighted by Crippen LogP contribution is 2.11. The number of aliphatic hydroxyl groups is 2. The molecule has 30 heavy (non-hydrogen) atoms. The van der Waals surface area contributed by atoms with Gasteiger partial charge in [0.25, 0.3) is 0 Å². The lowest BCUT2D eigenvalue weighted by Crippen LogP contribution is -2.60. The average molecular weight is 426 g/mol. The quantitative estimate of drug-likeness (QED) is 0.179. The smallest absolute Gasteiger partial charge is 0.322 e. The summed E-state index contributed by atoms with van der Waals surface area (Å²) in [6.45, 7) is -0.319. The number of nitrogens with one attached hydrogen (secondary N) is 3. The van der Waals surface area contributed by atoms with Gasteiger partial charge < -0.3 is 42.1 Å². The van der Waals surface area contributed by atoms with E-state index in [0.717, 1.165) is 0 Å². The standard InChI is InChI=1S/C18H26N4O8/c1-9(24)15(18(30)21-13(8-23)17(29)20-7-14(26)27)22-16(28)12(19)6-10-2-4-11(25)5-3-10/h2-5,9,12-13,15,23-25H,6-8,19H2,1H3,(H,20,29)(H,21,30)(H,22,28)(H,26,27). The van der Waals surface area contributed by atoms with Gasteiger partial charge in [-0.15, -0.1) is 0 Å². The number of hydrogen-bond donors (Lipinski definition) is 8. The first-order valence-corrected chi connectivity index (χ1v) is 8.97. The van der Waals surface area contributed by atoms with Gasteiger partial charge in [0, 0.05) is 0 Å². The Kier molecular flexibility index (Phi) is 9.68. The van der Waals surface area contributed by atoms with Crippen molar-refractivity contribution in [2.45, 2.75) is 37.6 Å². The summed E-state index contributed by atoms with van der Waals surface area (Å²) in [7, 11) is 0. The van der Waals surface area contributed by atoms with Crippen LogP contribution < -0.4 is 21.7 Å². The van der Waals surface area contributed by atoms with Gasteiger partial charge in [0.05, 0.1) is 18.8 Å². The molecule has 0 aliphatic carbocycles. The fraction of sp³-hybridized carbons (Fsp3) is 0.444. The maximum Gasteiger partial charge on any atom is 0.322 e. The van der Waals surface area contributed by atoms with Gasteiger partial charge in [-0.3, -0.25) is 19.2 Å². The number of hydrogen-bond acceptors (Lipinski definition) is 8. The van der Waals surface area contributed by atoms with Gasteiger partial charge in [0.15, 0.2) is 0 Å². The second-order valence-corrected chi connectivity index (χ2v) is 6.56. The predicted octanol–water partition coefficient (Wildman–Crippen LogP) is -3.19. The van der Waals surface area contributed by atoms with Crippen molar-refractivity contribution in [1.82, 2.24) is 16.0 Å². The molecule has 4 atom stereocenters. The van der Waals surface area contributed by atoms with E-state index in [1.807, 2.05) is 5.32 Å². The molecule has 1 aromatic rings. The second-order valence-electron chi connectivity index (χ2n) is 6.56. The van der Waals surface area contributed by atoms with E-state index < -0.39 is 61.1 Å². The van der Waals surface area contributed by atoms with Crippen molar-refractivity contribution in [3.63, 3.8) is 0 Å². The van der Waals surface area contributed by atoms with E-state index in [4.69, 9.17) is 10.8 Å². The third kappa shape index (κ3) is 8.03. The SMILES string of the molecule is CC(O)C(NC(=O)C(N)Cc1ccc(O)cc1)C(=O)NC(CO)C(=O)NCC(=O)O. The van der Waals surface area contributed by atoms with Crippen LogP contribution in [0.3, 0.4) is 0 Å². The zero-order chi connectivity index (χ0) is 22.8. The molecule has 1 aromatic carbocycles. The molecule has 0 saturated carbocycles. The van der Waals surface area contributed by atoms with Crippen LogP contribution in [-0.4, -0.2) is 81.5 Å². The van der Waals surface area contributed by atoms with Gasteiger partial charge in [-0.25, -0.2) is 0 Å². The second kappa shape index (κ2) is 11.7. The van der Waals surface area contributed by atoms with Crippen molar-refractivity contribution in [3.8, 4) is 5.75 Å². The van der Waals surface area contributed by atoms with Crippen molar-refractivity contribution in [1.29, 1.82) is 0 Å². The highest BCUT2D eigenvalue weighted by molar-refractivity contribution is 5.94. The van der Waals surface area contributed by atoms with Crippen LogP contribution in [0.4, 0.5) is 0 Å². The van der Waals surface area contributed by atoms with E-state index in [0.29, 0.717) is 5.56 Å². The molecule has 0 saturated heterocycles. The van der Waals surface area contributed by atoms with Crippen LogP contribution in [0.2, 0.25) is 0 Å². The average Bonchev–Trinajstić information content (AvgIpc) is 2.69. The van der Waals surface area contributed by atoms with E-state index in [1.54, 1.807) is 12.1 Å². The maximum absolute atomic E-state index is 12.4. The first-order valence-electron chi connectivity index (χ1n) is 8.97. The summed E-state index contributed by atoms with van der Waals surface area (Å²) in [5, 5.41) is 43.4. The molecular formula is C18H26N4O8. The molecule has 0 heterocycles. The first-order chi connectivity index (χ1) is 14.0. The summed E-state index contributed by atoms with van der Waals surface area (Å²) in [5.74, 6) is -3.94. The van der Waals surface area contributed by atoms with E-state index in [2.05, 4.69) is 10.6 Å². The normalized spacial score (nSPS) is 14.7. The predicted molar refractivity (Wildman–Crippen MR) is 103 cm³/mol. The van der Waals surface area contributed by atoms with Crippen molar-refractivity contribution >= 4 is 23.7 Å². The molecule has 0 aliphatic heterocycles. The van der Waals surface area contributed by atoms with E-state index >= 15 is 0 Å². The van der Waals surface area contributed by atoms with Crippen molar-refractivity contribution < 1.29 is 39.6 Å². The summed E-state index contributed by atoms with van der Waals surface area (Å²) in [4.78, 5) is 47.0. The van der Waals surface area contributed by atoms with Gasteiger partial charge in [0.2, 0.25) is 17.7 Å². The van der Waals surface area contributed by atoms with Crippen LogP contribution in [0, 0.1) is 0 Å². The first kappa shape index (κ1) is 24.8. The number of carbonyl (C=O) groups excluding carboxylic acids is 3. The summed E-state index contributed by atoms with van der Waals surface area (Å²) in [6, 6.07) is 1.96. The van der Waals surface area contributed by atoms with Crippen LogP contribution in [0.15, 0.2) is 24.3 Å². The molecule has 166 valence electrons. The van der Waals surface area contributed by atoms with E-state index in [-0.39, 0.29) is 12.2 Å². The molecule has 12 nitrogen and oxygen atoms in total. The number of benzene rings is 1. The molecule has 0 radical (unpaired) electrons. The van der Waals surface area contributed by atoms with Gasteiger partial charge >= 0.3 is 5.97 Å². The number of phenols is 1. The Labute approximate surface area is 172 Å². The molecular weight excluding hydrogens is 400 g/mol. The summed E-state index contributed by atoms with van der Waals surface area (Å²) >= 11 is 0. The number of phenolic OH excluding ortho intramolecular Hbond substituents is 1. The minimum absolute atomic E-state index is 0.0495. The lowest BCUT2D eigenvalue weighted by Gasteiger charge is -2.25. The Bertz CT molecular complexity index is 753. The van der Waals surface area contributed by atoms with Gasteiger partial charge in [0.1, 0.15) is 24.4 Å². The van der Waals surface area contributed by atoms with E-state index in [9.17, 15) is 34.5 Å². The number of nitrogens with two attached hydrogens (primary N) is 1. The number of amides is 3. The molecule has 3 amide bonds. The van der Waals surface area contributed by atoms with E-state index in [1.165, 1.54) is 19.1 Å². The Morgan fingerprint density at radius 2 is 1.63 bits per heavy atom. The molecule has 1 rings (SSSR count). The fourth-order valence-corrected chi connectivity index (χ4v) is 2.39. The minimum atomic E-state index is -1.49. The number of aliphatic hydroxyl groups excluding tert-OH is 2. The van der Waals surface area contributed by atoms with Crippen molar-refractivity contribution in [3.05, 3.63) is 29.8 Å². The van der Waals surface area contributed by atoms with Crippen LogP contribution >= 0.6 is 0 Å². The number of carbonyl (C=O) groups is 4. The number of carboxylic acids is 1. The maximum atomic E-state index is 12.4. The third-order valence-corrected chi connectivity index (χ3v) is 4.02. The highest BCUT2D eigenvalue weighted by Gasteiger charge is 2.31. The summed E-state index contributed by atoms with van der Waals surface area (Å²) < 4.78 is 0. The Morgan fingerprint density at radius 1 is 1.03 bits per heavy atom. The number of aliphatic carboxylic acids is 1. The van der Waals surface area contributed by atoms with Crippen LogP contribution in [0.1, 0.15) is 12.5 Å². The molecule has 12 heteroatoms. The van der Waals surface area contributed by atoms with Gasteiger partial charge in [-0.05, 0) is 31.0 Å². The Hall–Kier alpha value is -3.22. The summed E-state index contributed by atoms with van der Waals surface area (Å²) in [5.41, 5.74) is 6.49. The van der Waals surface area contributed by atoms with Crippen LogP contribution in [0.5, 0.6) is 5.75 Å². The molecule has 9 N–H and O–H groups in total. The number of rotatable bonds is 11. The topological polar surface area (TPSA) is 211 Å². The lowest BCUT2D eigenvalue weighted by molar-refractivity contribution is -0.139. The molecule has 4 unspecified atom stereocenters. The zero-order valence-electron chi connectivity index (χ0n) is 16.2. The van der Waals surface area contributed by atoms with Gasteiger partial charge in [-0.2, -0.15) is 0 Å². The zero-order valence-corrected chi connectivity index (χ0v) is 16.2. The number of aromatic hydroxyl groups is 1. The largest absolute Gasteiger partial charge is 0.508 e. The summed E-state index contributed by atoms with van der Waals surface area (Å²) in [6.07, 6.45) is -1.27. The van der Waals surface area contributed by atoms with Crippen molar-refractivity contribution in [2.75, 3.05) is 13.2 Å². The number of carboxylic acid groups (broad SMARTS) is 1. The lowest BCUT2D eigenvalue weighted by atomic mass is 10.0. The van der Waals surface area contributed by atoms with Crippen LogP contribution in [-0.2, 0) is 25.6 Å². The monoisotopic (exact) mass is 426 g/mol. The molecule has 0 aliphatic rings. The Balaban J connectivity index is 2.73. The molecule has 0 fully saturated rings. The molecule has 0 bridgehead atoms. The van der Waals surface area contributed by atoms with Gasteiger partial charge in [-0.1, -0.05) is 12.1 Å². The fourth-order valence-electron chi connectivity index (χ4n) is 2.39.